The Kier molecular flexibility index (Phi) is 5.40. The van der Waals surface area contributed by atoms with E-state index < -0.39 is 0 Å². The van der Waals surface area contributed by atoms with Crippen LogP contribution in [0.3, 0.4) is 0 Å². The molecule has 4 nitrogen and oxygen atoms in total. The maximum absolute atomic E-state index is 9.14. The van der Waals surface area contributed by atoms with Crippen molar-refractivity contribution in [3.63, 3.8) is 0 Å². The zero-order valence-electron chi connectivity index (χ0n) is 13.1. The van der Waals surface area contributed by atoms with Crippen LogP contribution in [0.2, 0.25) is 0 Å². The summed E-state index contributed by atoms with van der Waals surface area (Å²) in [5, 5.41) is 12.6. The van der Waals surface area contributed by atoms with Crippen LogP contribution in [-0.2, 0) is 6.54 Å². The smallest absolute Gasteiger partial charge is 0.123 e. The Hall–Kier alpha value is -2.51. The van der Waals surface area contributed by atoms with Gasteiger partial charge in [0.05, 0.1) is 25.9 Å². The fraction of sp³-hybridized carbons (Fsp3) is 0.278. The minimum absolute atomic E-state index is 0.0665. The van der Waals surface area contributed by atoms with E-state index in [0.717, 1.165) is 22.6 Å². The van der Waals surface area contributed by atoms with Gasteiger partial charge in [0, 0.05) is 18.2 Å². The van der Waals surface area contributed by atoms with E-state index >= 15 is 0 Å². The Bertz CT molecular complexity index is 677. The van der Waals surface area contributed by atoms with Gasteiger partial charge in [-0.2, -0.15) is 5.26 Å². The van der Waals surface area contributed by atoms with Gasteiger partial charge in [0.25, 0.3) is 0 Å². The third-order valence-corrected chi connectivity index (χ3v) is 3.64. The molecule has 0 unspecified atom stereocenters. The van der Waals surface area contributed by atoms with Gasteiger partial charge in [-0.15, -0.1) is 0 Å². The monoisotopic (exact) mass is 296 g/mol. The minimum atomic E-state index is 0.0665. The molecule has 4 heteroatoms. The topological polar surface area (TPSA) is 54.3 Å². The Morgan fingerprint density at radius 1 is 1.14 bits per heavy atom. The molecule has 0 amide bonds. The molecule has 0 bridgehead atoms. The largest absolute Gasteiger partial charge is 0.497 e. The first-order chi connectivity index (χ1) is 10.7. The lowest BCUT2D eigenvalue weighted by Gasteiger charge is -2.18. The molecule has 114 valence electrons. The predicted octanol–water partition coefficient (Wildman–Crippen LogP) is 3.43. The zero-order chi connectivity index (χ0) is 15.9. The molecule has 1 N–H and O–H groups in total. The van der Waals surface area contributed by atoms with Crippen LogP contribution in [0.5, 0.6) is 11.5 Å². The third kappa shape index (κ3) is 3.57. The summed E-state index contributed by atoms with van der Waals surface area (Å²) < 4.78 is 10.7. The molecule has 2 rings (SSSR count). The summed E-state index contributed by atoms with van der Waals surface area (Å²) in [5.41, 5.74) is 2.70. The molecule has 0 saturated heterocycles. The van der Waals surface area contributed by atoms with E-state index in [2.05, 4.69) is 18.3 Å². The normalized spacial score (nSPS) is 11.5. The number of ether oxygens (including phenoxy) is 2. The lowest BCUT2D eigenvalue weighted by atomic mass is 10.0. The summed E-state index contributed by atoms with van der Waals surface area (Å²) in [5.74, 6) is 1.61. The fourth-order valence-corrected chi connectivity index (χ4v) is 2.33. The van der Waals surface area contributed by atoms with Crippen LogP contribution >= 0.6 is 0 Å². The number of rotatable bonds is 6. The number of nitrogens with zero attached hydrogens (tertiary/aromatic N) is 1. The molecule has 0 aliphatic rings. The number of benzene rings is 2. The van der Waals surface area contributed by atoms with Gasteiger partial charge in [0.1, 0.15) is 11.5 Å². The predicted molar refractivity (Wildman–Crippen MR) is 86.0 cm³/mol. The second-order valence-corrected chi connectivity index (χ2v) is 4.98. The number of nitriles is 1. The van der Waals surface area contributed by atoms with Crippen LogP contribution in [-0.4, -0.2) is 14.2 Å². The summed E-state index contributed by atoms with van der Waals surface area (Å²) in [7, 11) is 3.30. The maximum atomic E-state index is 9.14. The number of hydrogen-bond acceptors (Lipinski definition) is 4. The van der Waals surface area contributed by atoms with Gasteiger partial charge in [0.2, 0.25) is 0 Å². The van der Waals surface area contributed by atoms with Gasteiger partial charge >= 0.3 is 0 Å². The van der Waals surface area contributed by atoms with E-state index in [4.69, 9.17) is 14.7 Å². The van der Waals surface area contributed by atoms with Gasteiger partial charge in [-0.1, -0.05) is 18.2 Å². The average molecular weight is 296 g/mol. The van der Waals surface area contributed by atoms with E-state index in [0.29, 0.717) is 12.1 Å². The molecular formula is C18H20N2O2. The lowest BCUT2D eigenvalue weighted by Crippen LogP contribution is -2.19. The van der Waals surface area contributed by atoms with Crippen LogP contribution in [0.1, 0.15) is 29.7 Å². The van der Waals surface area contributed by atoms with Crippen molar-refractivity contribution in [2.24, 2.45) is 0 Å². The van der Waals surface area contributed by atoms with Crippen molar-refractivity contribution < 1.29 is 9.47 Å². The first-order valence-electron chi connectivity index (χ1n) is 7.13. The van der Waals surface area contributed by atoms with E-state index in [-0.39, 0.29) is 6.04 Å². The molecule has 22 heavy (non-hydrogen) atoms. The molecule has 1 atom stereocenters. The molecule has 0 radical (unpaired) electrons. The molecule has 0 heterocycles. The number of methoxy groups -OCH3 is 2. The molecule has 0 saturated carbocycles. The van der Waals surface area contributed by atoms with E-state index in [1.54, 1.807) is 14.2 Å². The summed E-state index contributed by atoms with van der Waals surface area (Å²) >= 11 is 0. The van der Waals surface area contributed by atoms with Crippen molar-refractivity contribution >= 4 is 0 Å². The van der Waals surface area contributed by atoms with Gasteiger partial charge < -0.3 is 14.8 Å². The second-order valence-electron chi connectivity index (χ2n) is 4.98. The summed E-state index contributed by atoms with van der Waals surface area (Å²) in [6.07, 6.45) is 0. The molecule has 0 fully saturated rings. The molecule has 0 aliphatic heterocycles. The van der Waals surface area contributed by atoms with Crippen LogP contribution in [0.25, 0.3) is 0 Å². The van der Waals surface area contributed by atoms with Gasteiger partial charge in [-0.25, -0.2) is 0 Å². The lowest BCUT2D eigenvalue weighted by molar-refractivity contribution is 0.391. The van der Waals surface area contributed by atoms with Crippen LogP contribution in [0.4, 0.5) is 0 Å². The molecule has 2 aromatic carbocycles. The molecular weight excluding hydrogens is 276 g/mol. The molecule has 0 spiro atoms. The second kappa shape index (κ2) is 7.48. The van der Waals surface area contributed by atoms with Gasteiger partial charge in [-0.3, -0.25) is 0 Å². The van der Waals surface area contributed by atoms with Crippen molar-refractivity contribution in [2.45, 2.75) is 19.5 Å². The Balaban J connectivity index is 2.15. The minimum Gasteiger partial charge on any atom is -0.497 e. The van der Waals surface area contributed by atoms with Crippen molar-refractivity contribution in [1.82, 2.24) is 5.32 Å². The maximum Gasteiger partial charge on any atom is 0.123 e. The summed E-state index contributed by atoms with van der Waals surface area (Å²) in [6, 6.07) is 15.6. The first kappa shape index (κ1) is 15.9. The van der Waals surface area contributed by atoms with Crippen molar-refractivity contribution in [3.05, 3.63) is 59.2 Å². The summed E-state index contributed by atoms with van der Waals surface area (Å²) in [6.45, 7) is 2.68. The number of hydrogen-bond donors (Lipinski definition) is 1. The molecule has 2 aromatic rings. The van der Waals surface area contributed by atoms with Gasteiger partial charge in [-0.05, 0) is 36.8 Å². The SMILES string of the molecule is COc1ccc(OC)c([C@H](C)NCc2ccccc2C#N)c1. The quantitative estimate of drug-likeness (QED) is 0.887. The highest BCUT2D eigenvalue weighted by Crippen LogP contribution is 2.29. The van der Waals surface area contributed by atoms with Crippen molar-refractivity contribution in [2.75, 3.05) is 14.2 Å². The third-order valence-electron chi connectivity index (χ3n) is 3.64. The van der Waals surface area contributed by atoms with Crippen LogP contribution in [0.15, 0.2) is 42.5 Å². The zero-order valence-corrected chi connectivity index (χ0v) is 13.1. The first-order valence-corrected chi connectivity index (χ1v) is 7.13. The van der Waals surface area contributed by atoms with E-state index in [9.17, 15) is 0 Å². The standard InChI is InChI=1S/C18H20N2O2/c1-13(17-10-16(21-2)8-9-18(17)22-3)20-12-15-7-5-4-6-14(15)11-19/h4-10,13,20H,12H2,1-3H3/t13-/m0/s1. The molecule has 0 aliphatic carbocycles. The summed E-state index contributed by atoms with van der Waals surface area (Å²) in [4.78, 5) is 0. The van der Waals surface area contributed by atoms with Gasteiger partial charge in [0.15, 0.2) is 0 Å². The highest BCUT2D eigenvalue weighted by molar-refractivity contribution is 5.42. The average Bonchev–Trinajstić information content (AvgIpc) is 2.59. The van der Waals surface area contributed by atoms with E-state index in [1.807, 2.05) is 42.5 Å². The molecule has 0 aromatic heterocycles. The fourth-order valence-electron chi connectivity index (χ4n) is 2.33. The van der Waals surface area contributed by atoms with E-state index in [1.165, 1.54) is 0 Å². The Morgan fingerprint density at radius 2 is 1.91 bits per heavy atom. The van der Waals surface area contributed by atoms with Crippen LogP contribution in [0, 0.1) is 11.3 Å². The highest BCUT2D eigenvalue weighted by atomic mass is 16.5. The highest BCUT2D eigenvalue weighted by Gasteiger charge is 2.13. The van der Waals surface area contributed by atoms with Crippen molar-refractivity contribution in [1.29, 1.82) is 5.26 Å². The van der Waals surface area contributed by atoms with Crippen molar-refractivity contribution in [3.8, 4) is 17.6 Å². The number of nitrogens with one attached hydrogen (secondary N) is 1. The Morgan fingerprint density at radius 3 is 2.59 bits per heavy atom. The van der Waals surface area contributed by atoms with Crippen LogP contribution < -0.4 is 14.8 Å². The Labute approximate surface area is 131 Å².